The predicted molar refractivity (Wildman–Crippen MR) is 129 cm³/mol. The number of nitrogens with one attached hydrogen (secondary N) is 1. The second-order valence-corrected chi connectivity index (χ2v) is 8.78. The van der Waals surface area contributed by atoms with Crippen LogP contribution in [0.15, 0.2) is 30.9 Å². The maximum absolute atomic E-state index is 12.3. The molecule has 0 saturated carbocycles. The van der Waals surface area contributed by atoms with Crippen LogP contribution in [0, 0.1) is 22.0 Å². The molecule has 0 bridgehead atoms. The van der Waals surface area contributed by atoms with Gasteiger partial charge in [0.05, 0.1) is 35.6 Å². The highest BCUT2D eigenvalue weighted by Crippen LogP contribution is 2.33. The van der Waals surface area contributed by atoms with E-state index in [1.807, 2.05) is 0 Å². The molecule has 3 N–H and O–H groups in total. The summed E-state index contributed by atoms with van der Waals surface area (Å²) in [4.78, 5) is 34.9. The average molecular weight is 548 g/mol. The zero-order chi connectivity index (χ0) is 28.3. The van der Waals surface area contributed by atoms with Crippen molar-refractivity contribution in [2.24, 2.45) is 0 Å². The Morgan fingerprint density at radius 3 is 2.79 bits per heavy atom. The minimum atomic E-state index is -4.92. The van der Waals surface area contributed by atoms with Crippen molar-refractivity contribution in [2.45, 2.75) is 56.8 Å². The summed E-state index contributed by atoms with van der Waals surface area (Å²) in [5, 5.41) is 34.2. The highest BCUT2D eigenvalue weighted by molar-refractivity contribution is 5.84. The summed E-state index contributed by atoms with van der Waals surface area (Å²) >= 11 is 0. The molecule has 0 spiro atoms. The van der Waals surface area contributed by atoms with Gasteiger partial charge >= 0.3 is 6.18 Å². The van der Waals surface area contributed by atoms with Crippen molar-refractivity contribution in [3.8, 4) is 11.8 Å². The summed E-state index contributed by atoms with van der Waals surface area (Å²) in [6, 6.07) is 3.53. The molecule has 3 heterocycles. The first-order chi connectivity index (χ1) is 18.5. The van der Waals surface area contributed by atoms with Crippen molar-refractivity contribution < 1.29 is 37.8 Å². The molecular formula is C24H23F3N6O6. The lowest BCUT2D eigenvalue weighted by molar-refractivity contribution is -0.385. The van der Waals surface area contributed by atoms with Crippen LogP contribution >= 0.6 is 0 Å². The van der Waals surface area contributed by atoms with Crippen molar-refractivity contribution >= 4 is 28.5 Å². The minimum Gasteiger partial charge on any atom is -0.394 e. The molecule has 1 fully saturated rings. The monoisotopic (exact) mass is 548 g/mol. The summed E-state index contributed by atoms with van der Waals surface area (Å²) in [6.45, 7) is 1.33. The molecule has 1 aliphatic rings. The third kappa shape index (κ3) is 6.14. The standard InChI is InChI=1S/C24H23F3N6O6/c1-13(15-7-6-14(8-16(15)33(37)38)4-2-3-5-19(36)24(25,26)27)31-22-21-23(29-11-28-22)32(12-30-21)20-9-17(35)18(10-34)39-20/h6-8,11-13,17-18,20,34-35H,3,5,9-10H2,1H3,(H,28,29,31)/t13?,17?,18-,20-/m1/s1. The van der Waals surface area contributed by atoms with Crippen molar-refractivity contribution in [1.29, 1.82) is 0 Å². The van der Waals surface area contributed by atoms with Gasteiger partial charge in [-0.05, 0) is 19.1 Å². The molecule has 0 amide bonds. The Hall–Kier alpha value is -4.13. The third-order valence-corrected chi connectivity index (χ3v) is 6.13. The molecule has 2 aromatic heterocycles. The quantitative estimate of drug-likeness (QED) is 0.216. The number of imidazole rings is 1. The number of nitrogens with zero attached hydrogens (tertiary/aromatic N) is 5. The van der Waals surface area contributed by atoms with E-state index in [-0.39, 0.29) is 42.1 Å². The van der Waals surface area contributed by atoms with E-state index >= 15 is 0 Å². The van der Waals surface area contributed by atoms with E-state index < -0.39 is 47.8 Å². The SMILES string of the molecule is CC(Nc1ncnc2c1ncn2[C@H]1CC(O)[C@@H](CO)O1)c1ccc(C#CCCC(=O)C(F)(F)F)cc1[N+](=O)[O-]. The van der Waals surface area contributed by atoms with E-state index in [0.717, 1.165) is 0 Å². The van der Waals surface area contributed by atoms with Gasteiger partial charge < -0.3 is 20.3 Å². The number of carbonyl (C=O) groups excluding carboxylic acids is 1. The number of fused-ring (bicyclic) bond motifs is 1. The number of anilines is 1. The number of hydrogen-bond acceptors (Lipinski definition) is 10. The summed E-state index contributed by atoms with van der Waals surface area (Å²) in [6.07, 6.45) is -5.29. The van der Waals surface area contributed by atoms with E-state index in [1.165, 1.54) is 30.9 Å². The summed E-state index contributed by atoms with van der Waals surface area (Å²) in [5.74, 6) is 3.39. The number of benzene rings is 1. The van der Waals surface area contributed by atoms with Gasteiger partial charge in [0.2, 0.25) is 5.78 Å². The van der Waals surface area contributed by atoms with Gasteiger partial charge in [-0.3, -0.25) is 19.5 Å². The molecule has 4 rings (SSSR count). The van der Waals surface area contributed by atoms with Crippen LogP contribution in [0.5, 0.6) is 0 Å². The number of hydrogen-bond donors (Lipinski definition) is 3. The summed E-state index contributed by atoms with van der Waals surface area (Å²) in [7, 11) is 0. The number of carbonyl (C=O) groups is 1. The molecule has 1 aromatic carbocycles. The number of aromatic nitrogens is 4. The fourth-order valence-corrected chi connectivity index (χ4v) is 4.13. The molecule has 39 heavy (non-hydrogen) atoms. The van der Waals surface area contributed by atoms with E-state index in [1.54, 1.807) is 11.5 Å². The molecule has 2 unspecified atom stereocenters. The second-order valence-electron chi connectivity index (χ2n) is 8.78. The molecule has 0 radical (unpaired) electrons. The molecule has 206 valence electrons. The Morgan fingerprint density at radius 1 is 1.36 bits per heavy atom. The second kappa shape index (κ2) is 11.3. The van der Waals surface area contributed by atoms with Crippen molar-refractivity contribution in [1.82, 2.24) is 19.5 Å². The predicted octanol–water partition coefficient (Wildman–Crippen LogP) is 2.81. The van der Waals surface area contributed by atoms with Crippen LogP contribution < -0.4 is 5.32 Å². The Morgan fingerprint density at radius 2 is 2.13 bits per heavy atom. The van der Waals surface area contributed by atoms with Crippen LogP contribution in [-0.4, -0.2) is 65.4 Å². The highest BCUT2D eigenvalue weighted by Gasteiger charge is 2.37. The van der Waals surface area contributed by atoms with Gasteiger partial charge in [-0.2, -0.15) is 13.2 Å². The van der Waals surface area contributed by atoms with Gasteiger partial charge in [0.15, 0.2) is 17.0 Å². The topological polar surface area (TPSA) is 166 Å². The van der Waals surface area contributed by atoms with Crippen LogP contribution in [0.3, 0.4) is 0 Å². The lowest BCUT2D eigenvalue weighted by Gasteiger charge is -2.16. The van der Waals surface area contributed by atoms with Crippen molar-refractivity contribution in [2.75, 3.05) is 11.9 Å². The fraction of sp³-hybridized carbons (Fsp3) is 0.417. The summed E-state index contributed by atoms with van der Waals surface area (Å²) < 4.78 is 44.2. The number of ketones is 1. The first-order valence-corrected chi connectivity index (χ1v) is 11.7. The number of halogens is 3. The van der Waals surface area contributed by atoms with E-state index in [4.69, 9.17) is 4.74 Å². The number of alkyl halides is 3. The number of rotatable bonds is 8. The van der Waals surface area contributed by atoms with Crippen LogP contribution in [0.1, 0.15) is 49.6 Å². The normalized spacial score (nSPS) is 19.9. The molecule has 0 aliphatic carbocycles. The van der Waals surface area contributed by atoms with Gasteiger partial charge in [0, 0.05) is 30.9 Å². The largest absolute Gasteiger partial charge is 0.450 e. The third-order valence-electron chi connectivity index (χ3n) is 6.13. The number of nitro benzene ring substituents is 1. The van der Waals surface area contributed by atoms with Crippen LogP contribution in [0.2, 0.25) is 0 Å². The molecule has 15 heteroatoms. The Bertz CT molecular complexity index is 1450. The number of aliphatic hydroxyl groups is 2. The summed E-state index contributed by atoms with van der Waals surface area (Å²) in [5.41, 5.74) is 0.970. The number of aliphatic hydroxyl groups excluding tert-OH is 2. The van der Waals surface area contributed by atoms with Gasteiger partial charge in [0.25, 0.3) is 5.69 Å². The van der Waals surface area contributed by atoms with Crippen LogP contribution in [0.25, 0.3) is 11.2 Å². The average Bonchev–Trinajstić information content (AvgIpc) is 3.49. The fourth-order valence-electron chi connectivity index (χ4n) is 4.13. The molecule has 4 atom stereocenters. The number of Topliss-reactive ketones (excluding diaryl/α,β-unsaturated/α-hetero) is 1. The maximum atomic E-state index is 12.3. The first-order valence-electron chi connectivity index (χ1n) is 11.7. The van der Waals surface area contributed by atoms with E-state index in [0.29, 0.717) is 11.2 Å². The highest BCUT2D eigenvalue weighted by atomic mass is 19.4. The number of nitro groups is 1. The smallest absolute Gasteiger partial charge is 0.394 e. The Labute approximate surface area is 219 Å². The van der Waals surface area contributed by atoms with E-state index in [9.17, 15) is 38.3 Å². The van der Waals surface area contributed by atoms with Crippen LogP contribution in [-0.2, 0) is 9.53 Å². The zero-order valence-corrected chi connectivity index (χ0v) is 20.4. The van der Waals surface area contributed by atoms with Gasteiger partial charge in [0.1, 0.15) is 18.7 Å². The maximum Gasteiger partial charge on any atom is 0.450 e. The van der Waals surface area contributed by atoms with Gasteiger partial charge in [-0.25, -0.2) is 15.0 Å². The lowest BCUT2D eigenvalue weighted by atomic mass is 10.0. The van der Waals surface area contributed by atoms with Gasteiger partial charge in [-0.15, -0.1) is 0 Å². The lowest BCUT2D eigenvalue weighted by Crippen LogP contribution is -2.24. The number of ether oxygens (including phenoxy) is 1. The van der Waals surface area contributed by atoms with Crippen molar-refractivity contribution in [3.63, 3.8) is 0 Å². The molecular weight excluding hydrogens is 525 g/mol. The minimum absolute atomic E-state index is 0.209. The Balaban J connectivity index is 1.52. The molecule has 12 nitrogen and oxygen atoms in total. The molecule has 1 saturated heterocycles. The molecule has 3 aromatic rings. The van der Waals surface area contributed by atoms with Crippen molar-refractivity contribution in [3.05, 3.63) is 52.1 Å². The zero-order valence-electron chi connectivity index (χ0n) is 20.4. The first kappa shape index (κ1) is 27.9. The van der Waals surface area contributed by atoms with Gasteiger partial charge in [-0.1, -0.05) is 11.8 Å². The van der Waals surface area contributed by atoms with E-state index in [2.05, 4.69) is 32.1 Å². The Kier molecular flexibility index (Phi) is 8.09. The van der Waals surface area contributed by atoms with Crippen LogP contribution in [0.4, 0.5) is 24.7 Å². The molecule has 1 aliphatic heterocycles.